The fraction of sp³-hybridized carbons (Fsp3) is 0.320. The minimum Gasteiger partial charge on any atom is -0.497 e. The second-order valence-electron chi connectivity index (χ2n) is 8.09. The zero-order chi connectivity index (χ0) is 25.2. The molecule has 186 valence electrons. The predicted octanol–water partition coefficient (Wildman–Crippen LogP) is 3.44. The van der Waals surface area contributed by atoms with Gasteiger partial charge in [0.25, 0.3) is 11.8 Å². The average Bonchev–Trinajstić information content (AvgIpc) is 3.29. The smallest absolute Gasteiger partial charge is 0.254 e. The lowest BCUT2D eigenvalue weighted by Crippen LogP contribution is -2.29. The number of aromatic nitrogens is 1. The highest BCUT2D eigenvalue weighted by molar-refractivity contribution is 7.09. The monoisotopic (exact) mass is 497 g/mol. The molecule has 0 fully saturated rings. The summed E-state index contributed by atoms with van der Waals surface area (Å²) in [7, 11) is 3.32. The molecule has 0 spiro atoms. The molecule has 0 saturated heterocycles. The van der Waals surface area contributed by atoms with Crippen LogP contribution in [0.4, 0.5) is 5.69 Å². The lowest BCUT2D eigenvalue weighted by Gasteiger charge is -2.17. The third-order valence-corrected chi connectivity index (χ3v) is 6.19. The first kappa shape index (κ1) is 26.1. The topological polar surface area (TPSA) is 116 Å². The number of ether oxygens (including phenoxy) is 1. The number of carbonyl (C=O) groups is 2. The van der Waals surface area contributed by atoms with Crippen LogP contribution in [0.25, 0.3) is 0 Å². The van der Waals surface area contributed by atoms with Gasteiger partial charge in [0.2, 0.25) is 0 Å². The molecule has 35 heavy (non-hydrogen) atoms. The summed E-state index contributed by atoms with van der Waals surface area (Å²) in [4.78, 5) is 31.5. The molecule has 3 rings (SSSR count). The highest BCUT2D eigenvalue weighted by Gasteiger charge is 2.17. The zero-order valence-electron chi connectivity index (χ0n) is 20.1. The van der Waals surface area contributed by atoms with Crippen molar-refractivity contribution >= 4 is 28.8 Å². The first-order valence-corrected chi connectivity index (χ1v) is 12.1. The van der Waals surface area contributed by atoms with E-state index in [1.807, 2.05) is 42.0 Å². The molecule has 0 radical (unpaired) electrons. The van der Waals surface area contributed by atoms with E-state index in [1.54, 1.807) is 14.2 Å². The van der Waals surface area contributed by atoms with E-state index in [9.17, 15) is 14.8 Å². The number of hydrogen-bond donors (Lipinski definition) is 4. The molecule has 10 heteroatoms. The fourth-order valence-corrected chi connectivity index (χ4v) is 4.27. The summed E-state index contributed by atoms with van der Waals surface area (Å²) in [5.41, 5.74) is 4.91. The van der Waals surface area contributed by atoms with Crippen molar-refractivity contribution in [1.29, 1.82) is 0 Å². The molecule has 1 heterocycles. The number of aryl methyl sites for hydroxylation is 1. The van der Waals surface area contributed by atoms with E-state index in [4.69, 9.17) is 4.74 Å². The maximum absolute atomic E-state index is 12.9. The van der Waals surface area contributed by atoms with Crippen LogP contribution in [0.1, 0.15) is 43.4 Å². The van der Waals surface area contributed by atoms with Crippen molar-refractivity contribution in [3.05, 3.63) is 75.2 Å². The predicted molar refractivity (Wildman–Crippen MR) is 136 cm³/mol. The Bertz CT molecular complexity index is 1150. The lowest BCUT2D eigenvalue weighted by molar-refractivity contribution is 0.0785. The van der Waals surface area contributed by atoms with Gasteiger partial charge in [0.05, 0.1) is 19.3 Å². The Labute approximate surface area is 209 Å². The van der Waals surface area contributed by atoms with Gasteiger partial charge in [0, 0.05) is 42.3 Å². The van der Waals surface area contributed by atoms with E-state index in [0.717, 1.165) is 35.0 Å². The highest BCUT2D eigenvalue weighted by atomic mass is 32.1. The molecular weight excluding hydrogens is 466 g/mol. The van der Waals surface area contributed by atoms with Gasteiger partial charge in [-0.05, 0) is 55.8 Å². The van der Waals surface area contributed by atoms with Crippen LogP contribution < -0.4 is 20.9 Å². The standard InChI is InChI=1S/C25H31N5O4S/c1-17-16-35-23(28-17)15-30(2)25(32)20-11-19(12-21(13-20)29-33)24(31)27-9-5-8-26-14-18-6-4-7-22(10-18)34-3/h4,6-7,10-13,16,26,29,33H,5,8-9,14-15H2,1-3H3,(H,27,31). The minimum absolute atomic E-state index is 0.263. The molecule has 2 amide bonds. The number of benzene rings is 2. The zero-order valence-corrected chi connectivity index (χ0v) is 20.9. The van der Waals surface area contributed by atoms with Crippen molar-refractivity contribution in [2.45, 2.75) is 26.4 Å². The quantitative estimate of drug-likeness (QED) is 0.224. The first-order chi connectivity index (χ1) is 16.9. The van der Waals surface area contributed by atoms with Crippen LogP contribution in [0.3, 0.4) is 0 Å². The summed E-state index contributed by atoms with van der Waals surface area (Å²) in [5, 5.41) is 18.4. The minimum atomic E-state index is -0.317. The molecule has 0 aliphatic heterocycles. The second kappa shape index (κ2) is 12.8. The Morgan fingerprint density at radius 2 is 1.94 bits per heavy atom. The summed E-state index contributed by atoms with van der Waals surface area (Å²) in [6.07, 6.45) is 0.732. The number of rotatable bonds is 12. The Balaban J connectivity index is 1.51. The molecule has 1 aromatic heterocycles. The van der Waals surface area contributed by atoms with E-state index in [1.165, 1.54) is 34.4 Å². The number of thiazole rings is 1. The molecule has 0 bridgehead atoms. The number of anilines is 1. The SMILES string of the molecule is COc1cccc(CNCCCNC(=O)c2cc(NO)cc(C(=O)N(C)Cc3nc(C)cs3)c2)c1. The van der Waals surface area contributed by atoms with Crippen LogP contribution in [0.5, 0.6) is 5.75 Å². The third kappa shape index (κ3) is 7.78. The molecule has 0 unspecified atom stereocenters. The highest BCUT2D eigenvalue weighted by Crippen LogP contribution is 2.18. The Hall–Kier alpha value is -3.47. The Morgan fingerprint density at radius 1 is 1.14 bits per heavy atom. The van der Waals surface area contributed by atoms with Crippen molar-refractivity contribution in [1.82, 2.24) is 20.5 Å². The van der Waals surface area contributed by atoms with Crippen molar-refractivity contribution in [2.24, 2.45) is 0 Å². The van der Waals surface area contributed by atoms with Gasteiger partial charge in [-0.2, -0.15) is 0 Å². The number of carbonyl (C=O) groups excluding carboxylic acids is 2. The molecule has 0 aliphatic carbocycles. The molecule has 2 aromatic carbocycles. The van der Waals surface area contributed by atoms with E-state index in [0.29, 0.717) is 25.2 Å². The number of nitrogens with zero attached hydrogens (tertiary/aromatic N) is 2. The Kier molecular flexibility index (Phi) is 9.59. The number of amides is 2. The van der Waals surface area contributed by atoms with Crippen molar-refractivity contribution in [2.75, 3.05) is 32.7 Å². The van der Waals surface area contributed by atoms with E-state index in [-0.39, 0.29) is 23.1 Å². The van der Waals surface area contributed by atoms with Crippen LogP contribution in [-0.4, -0.2) is 54.2 Å². The molecular formula is C25H31N5O4S. The van der Waals surface area contributed by atoms with E-state index >= 15 is 0 Å². The number of methoxy groups -OCH3 is 1. The normalized spacial score (nSPS) is 10.6. The third-order valence-electron chi connectivity index (χ3n) is 5.24. The lowest BCUT2D eigenvalue weighted by atomic mass is 10.1. The number of hydrogen-bond acceptors (Lipinski definition) is 8. The average molecular weight is 498 g/mol. The Morgan fingerprint density at radius 3 is 2.66 bits per heavy atom. The van der Waals surface area contributed by atoms with E-state index < -0.39 is 0 Å². The molecule has 3 aromatic rings. The van der Waals surface area contributed by atoms with Gasteiger partial charge in [-0.1, -0.05) is 12.1 Å². The van der Waals surface area contributed by atoms with Crippen molar-refractivity contribution in [3.8, 4) is 5.75 Å². The molecule has 0 saturated carbocycles. The summed E-state index contributed by atoms with van der Waals surface area (Å²) in [5.74, 6) is 0.228. The largest absolute Gasteiger partial charge is 0.497 e. The van der Waals surface area contributed by atoms with Crippen molar-refractivity contribution in [3.63, 3.8) is 0 Å². The van der Waals surface area contributed by atoms with E-state index in [2.05, 4.69) is 15.6 Å². The van der Waals surface area contributed by atoms with Crippen LogP contribution in [0.2, 0.25) is 0 Å². The van der Waals surface area contributed by atoms with Crippen molar-refractivity contribution < 1.29 is 19.5 Å². The van der Waals surface area contributed by atoms with Crippen LogP contribution in [0.15, 0.2) is 47.8 Å². The first-order valence-electron chi connectivity index (χ1n) is 11.2. The van der Waals surface area contributed by atoms with Gasteiger partial charge in [-0.3, -0.25) is 20.3 Å². The van der Waals surface area contributed by atoms with Gasteiger partial charge in [0.15, 0.2) is 0 Å². The number of nitrogens with one attached hydrogen (secondary N) is 3. The summed E-state index contributed by atoms with van der Waals surface area (Å²) in [6.45, 7) is 4.15. The van der Waals surface area contributed by atoms with Gasteiger partial charge in [0.1, 0.15) is 10.8 Å². The van der Waals surface area contributed by atoms with Crippen LogP contribution >= 0.6 is 11.3 Å². The molecule has 0 atom stereocenters. The summed E-state index contributed by atoms with van der Waals surface area (Å²) >= 11 is 1.49. The summed E-state index contributed by atoms with van der Waals surface area (Å²) in [6, 6.07) is 12.4. The maximum atomic E-state index is 12.9. The molecule has 9 nitrogen and oxygen atoms in total. The maximum Gasteiger partial charge on any atom is 0.254 e. The van der Waals surface area contributed by atoms with Gasteiger partial charge in [-0.15, -0.1) is 11.3 Å². The van der Waals surface area contributed by atoms with Gasteiger partial charge in [-0.25, -0.2) is 4.98 Å². The van der Waals surface area contributed by atoms with Gasteiger partial charge < -0.3 is 20.3 Å². The summed E-state index contributed by atoms with van der Waals surface area (Å²) < 4.78 is 5.23. The van der Waals surface area contributed by atoms with Gasteiger partial charge >= 0.3 is 0 Å². The van der Waals surface area contributed by atoms with Crippen LogP contribution in [-0.2, 0) is 13.1 Å². The van der Waals surface area contributed by atoms with Crippen LogP contribution in [0, 0.1) is 6.92 Å². The fourth-order valence-electron chi connectivity index (χ4n) is 3.45. The second-order valence-corrected chi connectivity index (χ2v) is 9.04. The molecule has 4 N–H and O–H groups in total. The molecule has 0 aliphatic rings.